The first-order valence-electron chi connectivity index (χ1n) is 13.0. The van der Waals surface area contributed by atoms with E-state index in [0.717, 1.165) is 32.9 Å². The Balaban J connectivity index is 1.53. The van der Waals surface area contributed by atoms with Crippen molar-refractivity contribution in [3.8, 4) is 5.69 Å². The fourth-order valence-corrected chi connectivity index (χ4v) is 7.41. The fraction of sp³-hybridized carbons (Fsp3) is 0.481. The molecule has 0 spiro atoms. The van der Waals surface area contributed by atoms with Crippen LogP contribution in [-0.2, 0) is 27.3 Å². The first-order chi connectivity index (χ1) is 18.3. The van der Waals surface area contributed by atoms with Crippen LogP contribution in [0.4, 0.5) is 0 Å². The van der Waals surface area contributed by atoms with E-state index in [9.17, 15) is 9.59 Å². The number of thioether (sulfide) groups is 1. The minimum Gasteiger partial charge on any atom is -0.372 e. The Morgan fingerprint density at radius 2 is 2.08 bits per heavy atom. The summed E-state index contributed by atoms with van der Waals surface area (Å²) in [5, 5.41) is 9.89. The molecule has 200 valence electrons. The number of hydrogen-bond acceptors (Lipinski definition) is 8. The molecule has 1 fully saturated rings. The van der Waals surface area contributed by atoms with E-state index in [-0.39, 0.29) is 22.8 Å². The number of thiophene rings is 1. The number of ether oxygens (including phenoxy) is 2. The van der Waals surface area contributed by atoms with E-state index in [1.165, 1.54) is 11.8 Å². The molecule has 4 aromatic rings. The summed E-state index contributed by atoms with van der Waals surface area (Å²) in [6.07, 6.45) is 1.58. The average molecular weight is 554 g/mol. The number of carbonyl (C=O) groups is 1. The normalized spacial score (nSPS) is 18.9. The number of benzene rings is 1. The van der Waals surface area contributed by atoms with Crippen LogP contribution in [0.1, 0.15) is 43.2 Å². The molecule has 1 amide bonds. The number of fused-ring (bicyclic) bond motifs is 5. The fourth-order valence-electron chi connectivity index (χ4n) is 5.18. The average Bonchev–Trinajstić information content (AvgIpc) is 3.50. The predicted octanol–water partition coefficient (Wildman–Crippen LogP) is 4.19. The van der Waals surface area contributed by atoms with Gasteiger partial charge >= 0.3 is 0 Å². The minimum absolute atomic E-state index is 0.00773. The molecule has 38 heavy (non-hydrogen) atoms. The molecule has 2 aliphatic rings. The molecule has 6 rings (SSSR count). The second kappa shape index (κ2) is 10.1. The molecular formula is C27H31N5O4S2. The third kappa shape index (κ3) is 4.35. The van der Waals surface area contributed by atoms with Crippen LogP contribution in [0.5, 0.6) is 0 Å². The number of carbonyl (C=O) groups excluding carboxylic acids is 1. The van der Waals surface area contributed by atoms with Crippen LogP contribution in [0.2, 0.25) is 0 Å². The van der Waals surface area contributed by atoms with Crippen LogP contribution in [0.15, 0.2) is 34.2 Å². The molecule has 0 saturated carbocycles. The van der Waals surface area contributed by atoms with Crippen molar-refractivity contribution in [2.75, 3.05) is 19.9 Å². The van der Waals surface area contributed by atoms with Crippen molar-refractivity contribution >= 4 is 45.0 Å². The van der Waals surface area contributed by atoms with E-state index in [1.54, 1.807) is 20.8 Å². The van der Waals surface area contributed by atoms with Gasteiger partial charge in [0.1, 0.15) is 11.6 Å². The maximum absolute atomic E-state index is 14.2. The van der Waals surface area contributed by atoms with Crippen molar-refractivity contribution in [3.63, 3.8) is 0 Å². The number of aromatic nitrogens is 4. The Kier molecular flexibility index (Phi) is 6.79. The van der Waals surface area contributed by atoms with Crippen molar-refractivity contribution in [2.24, 2.45) is 5.92 Å². The molecule has 2 unspecified atom stereocenters. The molecular weight excluding hydrogens is 522 g/mol. The first kappa shape index (κ1) is 25.5. The Morgan fingerprint density at radius 3 is 2.82 bits per heavy atom. The van der Waals surface area contributed by atoms with Crippen LogP contribution >= 0.6 is 23.1 Å². The summed E-state index contributed by atoms with van der Waals surface area (Å²) in [7, 11) is 0. The summed E-state index contributed by atoms with van der Waals surface area (Å²) in [5.74, 6) is 0.789. The Morgan fingerprint density at radius 1 is 1.24 bits per heavy atom. The summed E-state index contributed by atoms with van der Waals surface area (Å²) in [6, 6.07) is 7.85. The summed E-state index contributed by atoms with van der Waals surface area (Å²) in [5.41, 5.74) is 2.75. The summed E-state index contributed by atoms with van der Waals surface area (Å²) in [4.78, 5) is 31.0. The third-order valence-corrected chi connectivity index (χ3v) is 9.47. The summed E-state index contributed by atoms with van der Waals surface area (Å²) in [6.45, 7) is 10.4. The van der Waals surface area contributed by atoms with Gasteiger partial charge in [-0.3, -0.25) is 9.59 Å². The Labute approximate surface area is 228 Å². The molecule has 11 heteroatoms. The second-order valence-corrected chi connectivity index (χ2v) is 12.7. The van der Waals surface area contributed by atoms with Crippen LogP contribution in [0, 0.1) is 12.8 Å². The van der Waals surface area contributed by atoms with Gasteiger partial charge in [-0.2, -0.15) is 0 Å². The lowest BCUT2D eigenvalue weighted by Gasteiger charge is -2.28. The van der Waals surface area contributed by atoms with Gasteiger partial charge < -0.3 is 14.4 Å². The topological polar surface area (TPSA) is 91.0 Å². The zero-order valence-electron chi connectivity index (χ0n) is 22.0. The standard InChI is InChI=1S/C27H31N5O4S2/c1-15(2)20-12-19-21(13-36-20)38-25-22(19)24(34)31(18-8-5-7-16(3)11-18)26-28-29-27(32(25)26)37-17(4)23(33)30-9-6-10-35-14-30/h5,7-8,11,15,17,20H,6,9-10,12-14H2,1-4H3. The van der Waals surface area contributed by atoms with Gasteiger partial charge in [-0.15, -0.1) is 21.5 Å². The SMILES string of the molecule is Cc1cccc(-n2c(=O)c3c4c(sc3n3c(SC(C)C(=O)N5CCCOC5)nnc23)COC(C(C)C)C4)c1. The molecule has 0 aliphatic carbocycles. The maximum atomic E-state index is 14.2. The van der Waals surface area contributed by atoms with Crippen LogP contribution in [-0.4, -0.2) is 61.2 Å². The second-order valence-electron chi connectivity index (χ2n) is 10.3. The molecule has 2 atom stereocenters. The van der Waals surface area contributed by atoms with E-state index in [2.05, 4.69) is 24.0 Å². The van der Waals surface area contributed by atoms with Crippen LogP contribution in [0.3, 0.4) is 0 Å². The molecule has 0 N–H and O–H groups in total. The van der Waals surface area contributed by atoms with E-state index in [4.69, 9.17) is 9.47 Å². The number of aryl methyl sites for hydroxylation is 1. The largest absolute Gasteiger partial charge is 0.372 e. The van der Waals surface area contributed by atoms with Gasteiger partial charge in [0.05, 0.1) is 35.6 Å². The number of amides is 1. The number of nitrogens with zero attached hydrogens (tertiary/aromatic N) is 5. The lowest BCUT2D eigenvalue weighted by molar-refractivity contribution is -0.139. The van der Waals surface area contributed by atoms with Crippen molar-refractivity contribution in [1.29, 1.82) is 0 Å². The minimum atomic E-state index is -0.387. The highest BCUT2D eigenvalue weighted by Crippen LogP contribution is 2.38. The van der Waals surface area contributed by atoms with Crippen molar-refractivity contribution in [2.45, 2.75) is 63.7 Å². The maximum Gasteiger partial charge on any atom is 0.268 e. The molecule has 2 aliphatic heterocycles. The molecule has 0 radical (unpaired) electrons. The monoisotopic (exact) mass is 553 g/mol. The quantitative estimate of drug-likeness (QED) is 0.342. The predicted molar refractivity (Wildman–Crippen MR) is 148 cm³/mol. The highest BCUT2D eigenvalue weighted by Gasteiger charge is 2.31. The zero-order chi connectivity index (χ0) is 26.6. The molecule has 5 heterocycles. The van der Waals surface area contributed by atoms with Gasteiger partial charge in [-0.1, -0.05) is 37.7 Å². The highest BCUT2D eigenvalue weighted by atomic mass is 32.2. The number of rotatable bonds is 5. The van der Waals surface area contributed by atoms with Crippen LogP contribution in [0.25, 0.3) is 21.7 Å². The lowest BCUT2D eigenvalue weighted by atomic mass is 9.96. The van der Waals surface area contributed by atoms with Gasteiger partial charge in [-0.25, -0.2) is 8.97 Å². The van der Waals surface area contributed by atoms with Gasteiger partial charge in [0.25, 0.3) is 5.56 Å². The van der Waals surface area contributed by atoms with Crippen molar-refractivity contribution in [3.05, 3.63) is 50.6 Å². The van der Waals surface area contributed by atoms with Gasteiger partial charge in [0.15, 0.2) is 5.16 Å². The first-order valence-corrected chi connectivity index (χ1v) is 14.7. The number of hydrogen-bond donors (Lipinski definition) is 0. The third-order valence-electron chi connectivity index (χ3n) is 7.25. The summed E-state index contributed by atoms with van der Waals surface area (Å²) >= 11 is 2.93. The Hall–Kier alpha value is -2.73. The molecule has 1 aromatic carbocycles. The molecule has 3 aromatic heterocycles. The lowest BCUT2D eigenvalue weighted by Crippen LogP contribution is -2.42. The molecule has 0 bridgehead atoms. The van der Waals surface area contributed by atoms with Gasteiger partial charge in [0.2, 0.25) is 11.7 Å². The zero-order valence-corrected chi connectivity index (χ0v) is 23.6. The van der Waals surface area contributed by atoms with E-state index in [1.807, 2.05) is 42.5 Å². The van der Waals surface area contributed by atoms with Crippen molar-refractivity contribution < 1.29 is 14.3 Å². The molecule has 9 nitrogen and oxygen atoms in total. The summed E-state index contributed by atoms with van der Waals surface area (Å²) < 4.78 is 15.2. The van der Waals surface area contributed by atoms with E-state index >= 15 is 0 Å². The smallest absolute Gasteiger partial charge is 0.268 e. The highest BCUT2D eigenvalue weighted by molar-refractivity contribution is 8.00. The van der Waals surface area contributed by atoms with E-state index in [0.29, 0.717) is 55.1 Å². The van der Waals surface area contributed by atoms with Crippen LogP contribution < -0.4 is 5.56 Å². The van der Waals surface area contributed by atoms with Gasteiger partial charge in [-0.05, 0) is 49.4 Å². The van der Waals surface area contributed by atoms with E-state index < -0.39 is 0 Å². The van der Waals surface area contributed by atoms with Crippen molar-refractivity contribution in [1.82, 2.24) is 24.1 Å². The van der Waals surface area contributed by atoms with Gasteiger partial charge in [0, 0.05) is 17.8 Å². The molecule has 1 saturated heterocycles. The Bertz CT molecular complexity index is 1580.